The van der Waals surface area contributed by atoms with E-state index in [4.69, 9.17) is 4.74 Å². The highest BCUT2D eigenvalue weighted by molar-refractivity contribution is 8.00. The molecule has 2 aliphatic heterocycles. The molecule has 2 fully saturated rings. The second-order valence-corrected chi connectivity index (χ2v) is 8.41. The Balaban J connectivity index is 1.48. The van der Waals surface area contributed by atoms with E-state index in [0.717, 1.165) is 36.7 Å². The van der Waals surface area contributed by atoms with Crippen molar-refractivity contribution in [1.82, 2.24) is 14.8 Å². The number of carbonyl (C=O) groups excluding carboxylic acids is 2. The summed E-state index contributed by atoms with van der Waals surface area (Å²) in [6.45, 7) is 4.22. The van der Waals surface area contributed by atoms with Gasteiger partial charge in [-0.15, -0.1) is 11.3 Å². The Morgan fingerprint density at radius 1 is 1.32 bits per heavy atom. The normalized spacial score (nSPS) is 21.4. The number of thiazole rings is 1. The average Bonchev–Trinajstić information content (AvgIpc) is 3.15. The van der Waals surface area contributed by atoms with Gasteiger partial charge in [0.15, 0.2) is 0 Å². The number of amides is 2. The summed E-state index contributed by atoms with van der Waals surface area (Å²) in [7, 11) is 0. The first-order valence-corrected chi connectivity index (χ1v) is 10.9. The smallest absolute Gasteiger partial charge is 0.273 e. The van der Waals surface area contributed by atoms with Crippen molar-refractivity contribution in [3.8, 4) is 0 Å². The molecule has 138 valence electrons. The van der Waals surface area contributed by atoms with Crippen molar-refractivity contribution >= 4 is 34.9 Å². The molecule has 3 heterocycles. The predicted molar refractivity (Wildman–Crippen MR) is 99.2 cm³/mol. The largest absolute Gasteiger partial charge is 0.378 e. The maximum Gasteiger partial charge on any atom is 0.273 e. The number of likely N-dealkylation sites (tertiary alicyclic amines) is 1. The summed E-state index contributed by atoms with van der Waals surface area (Å²) in [5.74, 6) is 0.651. The first kappa shape index (κ1) is 18.7. The van der Waals surface area contributed by atoms with Crippen molar-refractivity contribution in [2.75, 3.05) is 45.6 Å². The van der Waals surface area contributed by atoms with Crippen LogP contribution in [0.1, 0.15) is 36.2 Å². The van der Waals surface area contributed by atoms with Crippen molar-refractivity contribution in [3.63, 3.8) is 0 Å². The maximum atomic E-state index is 12.6. The molecule has 2 amide bonds. The maximum absolute atomic E-state index is 12.6. The van der Waals surface area contributed by atoms with Crippen molar-refractivity contribution < 1.29 is 14.3 Å². The fourth-order valence-electron chi connectivity index (χ4n) is 3.39. The monoisotopic (exact) mass is 383 g/mol. The van der Waals surface area contributed by atoms with Gasteiger partial charge >= 0.3 is 0 Å². The molecule has 1 atom stereocenters. The number of morpholine rings is 1. The molecule has 3 rings (SSSR count). The van der Waals surface area contributed by atoms with Gasteiger partial charge < -0.3 is 14.5 Å². The van der Waals surface area contributed by atoms with E-state index in [2.05, 4.69) is 4.98 Å². The zero-order valence-corrected chi connectivity index (χ0v) is 16.2. The lowest BCUT2D eigenvalue weighted by Gasteiger charge is -2.33. The molecule has 0 N–H and O–H groups in total. The molecule has 2 aliphatic rings. The molecule has 25 heavy (non-hydrogen) atoms. The van der Waals surface area contributed by atoms with Crippen LogP contribution >= 0.6 is 23.1 Å². The first-order valence-electron chi connectivity index (χ1n) is 8.81. The Morgan fingerprint density at radius 3 is 2.84 bits per heavy atom. The van der Waals surface area contributed by atoms with Gasteiger partial charge in [-0.3, -0.25) is 9.59 Å². The van der Waals surface area contributed by atoms with Gasteiger partial charge in [0.25, 0.3) is 5.91 Å². The summed E-state index contributed by atoms with van der Waals surface area (Å²) in [4.78, 5) is 33.1. The molecule has 0 aliphatic carbocycles. The van der Waals surface area contributed by atoms with E-state index in [1.54, 1.807) is 11.8 Å². The third-order valence-electron chi connectivity index (χ3n) is 4.81. The number of aromatic nitrogens is 1. The molecule has 0 spiro atoms. The Labute approximate surface area is 156 Å². The van der Waals surface area contributed by atoms with Gasteiger partial charge in [-0.1, -0.05) is 11.8 Å². The van der Waals surface area contributed by atoms with Gasteiger partial charge in [0.05, 0.1) is 13.2 Å². The van der Waals surface area contributed by atoms with Crippen LogP contribution in [0.4, 0.5) is 0 Å². The molecular weight excluding hydrogens is 358 g/mol. The van der Waals surface area contributed by atoms with Crippen LogP contribution in [0.3, 0.4) is 0 Å². The highest BCUT2D eigenvalue weighted by atomic mass is 32.2. The highest BCUT2D eigenvalue weighted by Crippen LogP contribution is 2.25. The van der Waals surface area contributed by atoms with Gasteiger partial charge in [-0.25, -0.2) is 4.98 Å². The van der Waals surface area contributed by atoms with Crippen LogP contribution in [0, 0.1) is 5.92 Å². The highest BCUT2D eigenvalue weighted by Gasteiger charge is 2.27. The first-order chi connectivity index (χ1) is 12.2. The summed E-state index contributed by atoms with van der Waals surface area (Å²) >= 11 is 3.08. The minimum absolute atomic E-state index is 0.0285. The lowest BCUT2D eigenvalue weighted by Crippen LogP contribution is -2.42. The Bertz CT molecular complexity index is 602. The zero-order chi connectivity index (χ0) is 17.6. The van der Waals surface area contributed by atoms with Crippen molar-refractivity contribution in [2.24, 2.45) is 5.92 Å². The Morgan fingerprint density at radius 2 is 2.12 bits per heavy atom. The van der Waals surface area contributed by atoms with E-state index in [-0.39, 0.29) is 11.8 Å². The minimum atomic E-state index is 0.0285. The van der Waals surface area contributed by atoms with Crippen LogP contribution in [0.25, 0.3) is 0 Å². The van der Waals surface area contributed by atoms with Gasteiger partial charge in [-0.2, -0.15) is 0 Å². The minimum Gasteiger partial charge on any atom is -0.378 e. The van der Waals surface area contributed by atoms with Crippen LogP contribution in [0.2, 0.25) is 0 Å². The SMILES string of the molecule is CSc1nc(C(=O)N2CCCC(CCC(=O)N3CCOCC3)C2)cs1. The number of piperidine rings is 1. The van der Waals surface area contributed by atoms with Gasteiger partial charge in [-0.05, 0) is 31.4 Å². The molecular formula is C17H25N3O3S2. The number of hydrogen-bond acceptors (Lipinski definition) is 6. The summed E-state index contributed by atoms with van der Waals surface area (Å²) in [6, 6.07) is 0. The molecule has 1 aromatic heterocycles. The number of nitrogens with zero attached hydrogens (tertiary/aromatic N) is 3. The topological polar surface area (TPSA) is 62.7 Å². The predicted octanol–water partition coefficient (Wildman–Crippen LogP) is 2.36. The van der Waals surface area contributed by atoms with E-state index >= 15 is 0 Å². The summed E-state index contributed by atoms with van der Waals surface area (Å²) in [6.07, 6.45) is 5.48. The molecule has 8 heteroatoms. The van der Waals surface area contributed by atoms with Crippen molar-refractivity contribution in [3.05, 3.63) is 11.1 Å². The number of rotatable bonds is 5. The fourth-order valence-corrected chi connectivity index (χ4v) is 4.63. The molecule has 0 saturated carbocycles. The fraction of sp³-hybridized carbons (Fsp3) is 0.706. The lowest BCUT2D eigenvalue weighted by molar-refractivity contribution is -0.135. The number of hydrogen-bond donors (Lipinski definition) is 0. The van der Waals surface area contributed by atoms with Crippen LogP contribution < -0.4 is 0 Å². The lowest BCUT2D eigenvalue weighted by atomic mass is 9.93. The van der Waals surface area contributed by atoms with E-state index in [9.17, 15) is 9.59 Å². The Kier molecular flexibility index (Phi) is 6.72. The quantitative estimate of drug-likeness (QED) is 0.731. The van der Waals surface area contributed by atoms with Crippen LogP contribution in [-0.4, -0.2) is 72.2 Å². The standard InChI is InChI=1S/C17H25N3O3S2/c1-24-17-18-14(12-25-17)16(22)20-6-2-3-13(11-20)4-5-15(21)19-7-9-23-10-8-19/h12-13H,2-11H2,1H3. The number of thioether (sulfide) groups is 1. The number of carbonyl (C=O) groups is 2. The van der Waals surface area contributed by atoms with Crippen LogP contribution in [-0.2, 0) is 9.53 Å². The third kappa shape index (κ3) is 4.95. The van der Waals surface area contributed by atoms with E-state index in [0.29, 0.717) is 44.3 Å². The zero-order valence-electron chi connectivity index (χ0n) is 14.6. The molecule has 6 nitrogen and oxygen atoms in total. The van der Waals surface area contributed by atoms with E-state index in [1.165, 1.54) is 11.3 Å². The van der Waals surface area contributed by atoms with Gasteiger partial charge in [0.2, 0.25) is 5.91 Å². The third-order valence-corrected chi connectivity index (χ3v) is 6.68. The van der Waals surface area contributed by atoms with Crippen LogP contribution in [0.15, 0.2) is 9.72 Å². The summed E-state index contributed by atoms with van der Waals surface area (Å²) in [5.41, 5.74) is 0.555. The Hall–Kier alpha value is -1.12. The molecule has 0 bridgehead atoms. The summed E-state index contributed by atoms with van der Waals surface area (Å²) < 4.78 is 6.22. The van der Waals surface area contributed by atoms with Gasteiger partial charge in [0.1, 0.15) is 10.0 Å². The van der Waals surface area contributed by atoms with Crippen molar-refractivity contribution in [2.45, 2.75) is 30.0 Å². The molecule has 1 unspecified atom stereocenters. The van der Waals surface area contributed by atoms with E-state index < -0.39 is 0 Å². The molecule has 0 radical (unpaired) electrons. The second-order valence-electron chi connectivity index (χ2n) is 6.49. The summed E-state index contributed by atoms with van der Waals surface area (Å²) in [5, 5.41) is 1.85. The van der Waals surface area contributed by atoms with Crippen LogP contribution in [0.5, 0.6) is 0 Å². The average molecular weight is 384 g/mol. The second kappa shape index (κ2) is 9.00. The van der Waals surface area contributed by atoms with E-state index in [1.807, 2.05) is 21.4 Å². The molecule has 1 aromatic rings. The molecule has 2 saturated heterocycles. The number of ether oxygens (including phenoxy) is 1. The van der Waals surface area contributed by atoms with Gasteiger partial charge in [0, 0.05) is 38.0 Å². The van der Waals surface area contributed by atoms with Crippen molar-refractivity contribution in [1.29, 1.82) is 0 Å². The molecule has 0 aromatic carbocycles.